The zero-order valence-electron chi connectivity index (χ0n) is 14.3. The van der Waals surface area contributed by atoms with Gasteiger partial charge >= 0.3 is 6.09 Å². The summed E-state index contributed by atoms with van der Waals surface area (Å²) in [7, 11) is 0. The van der Waals surface area contributed by atoms with Crippen LogP contribution in [0.5, 0.6) is 0 Å². The third-order valence-electron chi connectivity index (χ3n) is 3.09. The van der Waals surface area contributed by atoms with Crippen molar-refractivity contribution >= 4 is 11.8 Å². The van der Waals surface area contributed by atoms with Crippen molar-refractivity contribution in [3.05, 3.63) is 39.9 Å². The van der Waals surface area contributed by atoms with E-state index >= 15 is 0 Å². The second-order valence-electron chi connectivity index (χ2n) is 6.49. The van der Waals surface area contributed by atoms with E-state index in [0.717, 1.165) is 0 Å². The fraction of sp³-hybridized carbons (Fsp3) is 0.562. The van der Waals surface area contributed by atoms with Crippen molar-refractivity contribution in [3.63, 3.8) is 0 Å². The highest BCUT2D eigenvalue weighted by atomic mass is 16.6. The summed E-state index contributed by atoms with van der Waals surface area (Å²) in [5.41, 5.74) is 0.153. The van der Waals surface area contributed by atoms with Crippen LogP contribution < -0.4 is 10.6 Å². The van der Waals surface area contributed by atoms with Gasteiger partial charge in [0.25, 0.3) is 5.69 Å². The van der Waals surface area contributed by atoms with Crippen molar-refractivity contribution in [2.75, 3.05) is 6.54 Å². The lowest BCUT2D eigenvalue weighted by molar-refractivity contribution is -0.385. The summed E-state index contributed by atoms with van der Waals surface area (Å²) in [5, 5.41) is 17.0. The molecule has 1 aromatic rings. The van der Waals surface area contributed by atoms with E-state index in [-0.39, 0.29) is 17.8 Å². The molecule has 2 atom stereocenters. The van der Waals surface area contributed by atoms with E-state index in [4.69, 9.17) is 4.74 Å². The van der Waals surface area contributed by atoms with Gasteiger partial charge in [0, 0.05) is 30.3 Å². The fourth-order valence-electron chi connectivity index (χ4n) is 2.15. The van der Waals surface area contributed by atoms with Crippen molar-refractivity contribution in [1.29, 1.82) is 0 Å². The molecule has 0 fully saturated rings. The molecule has 7 nitrogen and oxygen atoms in total. The van der Waals surface area contributed by atoms with Gasteiger partial charge in [-0.25, -0.2) is 4.79 Å². The number of nitrogens with one attached hydrogen (secondary N) is 2. The number of hydrogen-bond acceptors (Lipinski definition) is 5. The average Bonchev–Trinajstić information content (AvgIpc) is 2.43. The van der Waals surface area contributed by atoms with Crippen LogP contribution in [0.15, 0.2) is 24.3 Å². The molecule has 0 aliphatic heterocycles. The molecular weight excluding hydrogens is 298 g/mol. The molecule has 0 aromatic heterocycles. The van der Waals surface area contributed by atoms with Crippen LogP contribution in [0.2, 0.25) is 0 Å². The van der Waals surface area contributed by atoms with Crippen LogP contribution in [0.25, 0.3) is 0 Å². The summed E-state index contributed by atoms with van der Waals surface area (Å²) in [6.07, 6.45) is -0.482. The van der Waals surface area contributed by atoms with Gasteiger partial charge in [0.2, 0.25) is 0 Å². The van der Waals surface area contributed by atoms with Gasteiger partial charge in [0.1, 0.15) is 5.60 Å². The molecule has 1 rings (SSSR count). The van der Waals surface area contributed by atoms with Gasteiger partial charge in [-0.05, 0) is 34.6 Å². The first kappa shape index (κ1) is 18.9. The quantitative estimate of drug-likeness (QED) is 0.619. The minimum absolute atomic E-state index is 0.0719. The lowest BCUT2D eigenvalue weighted by Gasteiger charge is -2.23. The first-order valence-electron chi connectivity index (χ1n) is 7.56. The Labute approximate surface area is 136 Å². The molecule has 0 bridgehead atoms. The Bertz CT molecular complexity index is 555. The van der Waals surface area contributed by atoms with Crippen molar-refractivity contribution in [3.8, 4) is 0 Å². The summed E-state index contributed by atoms with van der Waals surface area (Å²) in [4.78, 5) is 22.3. The van der Waals surface area contributed by atoms with Gasteiger partial charge in [-0.2, -0.15) is 0 Å². The molecule has 7 heteroatoms. The number of benzene rings is 1. The minimum Gasteiger partial charge on any atom is -0.444 e. The number of hydrogen-bond donors (Lipinski definition) is 2. The monoisotopic (exact) mass is 323 g/mol. The van der Waals surface area contributed by atoms with Gasteiger partial charge in [-0.15, -0.1) is 0 Å². The third-order valence-corrected chi connectivity index (χ3v) is 3.09. The first-order valence-corrected chi connectivity index (χ1v) is 7.56. The number of rotatable bonds is 6. The van der Waals surface area contributed by atoms with Crippen molar-refractivity contribution in [2.45, 2.75) is 52.3 Å². The van der Waals surface area contributed by atoms with Crippen molar-refractivity contribution < 1.29 is 14.5 Å². The van der Waals surface area contributed by atoms with Gasteiger partial charge in [0.05, 0.1) is 4.92 Å². The Morgan fingerprint density at radius 2 is 1.91 bits per heavy atom. The van der Waals surface area contributed by atoms with Gasteiger partial charge in [-0.1, -0.05) is 18.2 Å². The van der Waals surface area contributed by atoms with Crippen LogP contribution >= 0.6 is 0 Å². The van der Waals surface area contributed by atoms with Crippen LogP contribution in [0.3, 0.4) is 0 Å². The average molecular weight is 323 g/mol. The normalized spacial score (nSPS) is 14.0. The van der Waals surface area contributed by atoms with E-state index in [2.05, 4.69) is 10.6 Å². The molecule has 0 heterocycles. The van der Waals surface area contributed by atoms with Gasteiger partial charge in [-0.3, -0.25) is 10.1 Å². The molecule has 128 valence electrons. The maximum Gasteiger partial charge on any atom is 0.407 e. The fourth-order valence-corrected chi connectivity index (χ4v) is 2.15. The summed E-state index contributed by atoms with van der Waals surface area (Å²) >= 11 is 0. The number of nitrogens with zero attached hydrogens (tertiary/aromatic N) is 1. The number of nitro benzene ring substituents is 1. The summed E-state index contributed by atoms with van der Waals surface area (Å²) in [6.45, 7) is 9.50. The van der Waals surface area contributed by atoms with Gasteiger partial charge in [0.15, 0.2) is 0 Å². The zero-order chi connectivity index (χ0) is 17.6. The SMILES string of the molecule is CC(CNC(=O)OC(C)(C)C)NC(C)c1ccccc1[N+](=O)[O-]. The van der Waals surface area contributed by atoms with Crippen LogP contribution in [-0.2, 0) is 4.74 Å². The van der Waals surface area contributed by atoms with Crippen LogP contribution in [-0.4, -0.2) is 29.2 Å². The molecule has 0 spiro atoms. The number of amides is 1. The molecule has 2 unspecified atom stereocenters. The second kappa shape index (κ2) is 7.92. The molecular formula is C16H25N3O4. The Kier molecular flexibility index (Phi) is 6.50. The molecule has 23 heavy (non-hydrogen) atoms. The van der Waals surface area contributed by atoms with Crippen molar-refractivity contribution in [2.24, 2.45) is 0 Å². The van der Waals surface area contributed by atoms with E-state index in [1.54, 1.807) is 39.0 Å². The highest BCUT2D eigenvalue weighted by Gasteiger charge is 2.20. The van der Waals surface area contributed by atoms with E-state index in [0.29, 0.717) is 12.1 Å². The number of nitro groups is 1. The number of para-hydroxylation sites is 1. The Hall–Kier alpha value is -2.15. The topological polar surface area (TPSA) is 93.5 Å². The number of alkyl carbamates (subject to hydrolysis) is 1. The lowest BCUT2D eigenvalue weighted by Crippen LogP contribution is -2.42. The molecule has 0 saturated heterocycles. The Morgan fingerprint density at radius 3 is 2.48 bits per heavy atom. The Morgan fingerprint density at radius 1 is 1.30 bits per heavy atom. The minimum atomic E-state index is -0.543. The molecule has 0 aliphatic rings. The molecule has 0 aliphatic carbocycles. The van der Waals surface area contributed by atoms with Gasteiger partial charge < -0.3 is 15.4 Å². The van der Waals surface area contributed by atoms with Crippen LogP contribution in [0.4, 0.5) is 10.5 Å². The maximum atomic E-state index is 11.6. The molecule has 2 N–H and O–H groups in total. The predicted molar refractivity (Wildman–Crippen MR) is 88.3 cm³/mol. The van der Waals surface area contributed by atoms with E-state index < -0.39 is 16.6 Å². The number of carbonyl (C=O) groups excluding carboxylic acids is 1. The summed E-state index contributed by atoms with van der Waals surface area (Å²) < 4.78 is 5.16. The van der Waals surface area contributed by atoms with Crippen molar-refractivity contribution in [1.82, 2.24) is 10.6 Å². The number of carbonyl (C=O) groups is 1. The highest BCUT2D eigenvalue weighted by Crippen LogP contribution is 2.24. The molecule has 1 amide bonds. The molecule has 1 aromatic carbocycles. The predicted octanol–water partition coefficient (Wildman–Crippen LogP) is 3.16. The standard InChI is InChI=1S/C16H25N3O4/c1-11(10-17-15(20)23-16(3,4)5)18-12(2)13-8-6-7-9-14(13)19(21)22/h6-9,11-12,18H,10H2,1-5H3,(H,17,20). The Balaban J connectivity index is 2.56. The largest absolute Gasteiger partial charge is 0.444 e. The molecule has 0 radical (unpaired) electrons. The maximum absolute atomic E-state index is 11.6. The second-order valence-corrected chi connectivity index (χ2v) is 6.49. The molecule has 0 saturated carbocycles. The number of ether oxygens (including phenoxy) is 1. The van der Waals surface area contributed by atoms with E-state index in [9.17, 15) is 14.9 Å². The van der Waals surface area contributed by atoms with Crippen LogP contribution in [0.1, 0.15) is 46.2 Å². The third kappa shape index (κ3) is 6.65. The highest BCUT2D eigenvalue weighted by molar-refractivity contribution is 5.67. The van der Waals surface area contributed by atoms with E-state index in [1.807, 2.05) is 13.8 Å². The lowest BCUT2D eigenvalue weighted by atomic mass is 10.1. The smallest absolute Gasteiger partial charge is 0.407 e. The van der Waals surface area contributed by atoms with E-state index in [1.165, 1.54) is 6.07 Å². The first-order chi connectivity index (χ1) is 10.6. The zero-order valence-corrected chi connectivity index (χ0v) is 14.3. The van der Waals surface area contributed by atoms with Crippen LogP contribution in [0, 0.1) is 10.1 Å². The summed E-state index contributed by atoms with van der Waals surface area (Å²) in [5.74, 6) is 0. The summed E-state index contributed by atoms with van der Waals surface area (Å²) in [6, 6.07) is 6.33.